The van der Waals surface area contributed by atoms with Gasteiger partial charge < -0.3 is 0 Å². The van der Waals surface area contributed by atoms with E-state index in [1.807, 2.05) is 12.1 Å². The topological polar surface area (TPSA) is 20.3 Å². The Morgan fingerprint density at radius 1 is 1.26 bits per heavy atom. The molecule has 0 spiro atoms. The van der Waals surface area contributed by atoms with Crippen molar-refractivity contribution in [2.24, 2.45) is 0 Å². The van der Waals surface area contributed by atoms with Gasteiger partial charge in [-0.15, -0.1) is 0 Å². The normalized spacial score (nSPS) is 15.2. The molecule has 2 heteroatoms. The van der Waals surface area contributed by atoms with Gasteiger partial charge >= 0.3 is 0 Å². The standard InChI is InChI=1S/C17H25NO/c1-4-11-18(16-9-10-16)12-17(19)15-7-5-14(6-8-15)13(2)3/h5-8,13,16H,4,9-12H2,1-3H3. The molecule has 0 N–H and O–H groups in total. The maximum absolute atomic E-state index is 12.3. The van der Waals surface area contributed by atoms with Crippen molar-refractivity contribution in [3.8, 4) is 0 Å². The zero-order valence-electron chi connectivity index (χ0n) is 12.4. The van der Waals surface area contributed by atoms with Crippen molar-refractivity contribution in [1.29, 1.82) is 0 Å². The molecule has 0 heterocycles. The molecular formula is C17H25NO. The van der Waals surface area contributed by atoms with Gasteiger partial charge in [0.05, 0.1) is 6.54 Å². The Bertz CT molecular complexity index is 417. The van der Waals surface area contributed by atoms with Gasteiger partial charge in [0.2, 0.25) is 0 Å². The van der Waals surface area contributed by atoms with Gasteiger partial charge in [-0.25, -0.2) is 0 Å². The Kier molecular flexibility index (Phi) is 4.76. The van der Waals surface area contributed by atoms with Crippen molar-refractivity contribution in [3.05, 3.63) is 35.4 Å². The van der Waals surface area contributed by atoms with E-state index >= 15 is 0 Å². The molecule has 0 bridgehead atoms. The SMILES string of the molecule is CCCN(CC(=O)c1ccc(C(C)C)cc1)C1CC1. The third-order valence-corrected chi connectivity index (χ3v) is 3.82. The van der Waals surface area contributed by atoms with Crippen LogP contribution >= 0.6 is 0 Å². The van der Waals surface area contributed by atoms with Gasteiger partial charge in [-0.2, -0.15) is 0 Å². The lowest BCUT2D eigenvalue weighted by atomic mass is 10.0. The third kappa shape index (κ3) is 3.90. The third-order valence-electron chi connectivity index (χ3n) is 3.82. The largest absolute Gasteiger partial charge is 0.293 e. The number of Topliss-reactive ketones (excluding diaryl/α,β-unsaturated/α-hetero) is 1. The van der Waals surface area contributed by atoms with Crippen molar-refractivity contribution in [1.82, 2.24) is 4.90 Å². The summed E-state index contributed by atoms with van der Waals surface area (Å²) in [6, 6.07) is 8.79. The predicted molar refractivity (Wildman–Crippen MR) is 79.7 cm³/mol. The molecule has 1 aromatic rings. The summed E-state index contributed by atoms with van der Waals surface area (Å²) in [6.07, 6.45) is 3.65. The van der Waals surface area contributed by atoms with Crippen LogP contribution in [0.2, 0.25) is 0 Å². The zero-order chi connectivity index (χ0) is 13.8. The highest BCUT2D eigenvalue weighted by Gasteiger charge is 2.29. The van der Waals surface area contributed by atoms with Gasteiger partial charge in [-0.05, 0) is 37.3 Å². The minimum atomic E-state index is 0.260. The Morgan fingerprint density at radius 3 is 2.37 bits per heavy atom. The fourth-order valence-electron chi connectivity index (χ4n) is 2.45. The zero-order valence-corrected chi connectivity index (χ0v) is 12.4. The van der Waals surface area contributed by atoms with Crippen molar-refractivity contribution >= 4 is 5.78 Å². The first kappa shape index (κ1) is 14.3. The van der Waals surface area contributed by atoms with E-state index in [1.54, 1.807) is 0 Å². The number of ketones is 1. The molecule has 19 heavy (non-hydrogen) atoms. The first-order chi connectivity index (χ1) is 9.11. The van der Waals surface area contributed by atoms with Crippen LogP contribution in [0.3, 0.4) is 0 Å². The van der Waals surface area contributed by atoms with Gasteiger partial charge in [0.25, 0.3) is 0 Å². The second kappa shape index (κ2) is 6.33. The average Bonchev–Trinajstić information content (AvgIpc) is 3.22. The van der Waals surface area contributed by atoms with E-state index in [2.05, 4.69) is 37.8 Å². The summed E-state index contributed by atoms with van der Waals surface area (Å²) < 4.78 is 0. The lowest BCUT2D eigenvalue weighted by molar-refractivity contribution is 0.0924. The van der Waals surface area contributed by atoms with Gasteiger partial charge in [-0.1, -0.05) is 45.0 Å². The van der Waals surface area contributed by atoms with E-state index in [4.69, 9.17) is 0 Å². The lowest BCUT2D eigenvalue weighted by Crippen LogP contribution is -2.32. The smallest absolute Gasteiger partial charge is 0.176 e. The number of benzene rings is 1. The van der Waals surface area contributed by atoms with Crippen LogP contribution in [0.25, 0.3) is 0 Å². The van der Waals surface area contributed by atoms with Crippen LogP contribution in [0.15, 0.2) is 24.3 Å². The van der Waals surface area contributed by atoms with E-state index in [0.29, 0.717) is 18.5 Å². The summed E-state index contributed by atoms with van der Waals surface area (Å²) >= 11 is 0. The van der Waals surface area contributed by atoms with E-state index in [9.17, 15) is 4.79 Å². The summed E-state index contributed by atoms with van der Waals surface area (Å²) in [7, 11) is 0. The fraction of sp³-hybridized carbons (Fsp3) is 0.588. The predicted octanol–water partition coefficient (Wildman–Crippen LogP) is 3.87. The van der Waals surface area contributed by atoms with Crippen molar-refractivity contribution < 1.29 is 4.79 Å². The second-order valence-corrected chi connectivity index (χ2v) is 5.90. The summed E-state index contributed by atoms with van der Waals surface area (Å²) in [5.74, 6) is 0.780. The van der Waals surface area contributed by atoms with Gasteiger partial charge in [-0.3, -0.25) is 9.69 Å². The number of hydrogen-bond donors (Lipinski definition) is 0. The van der Waals surface area contributed by atoms with Crippen LogP contribution in [-0.4, -0.2) is 29.8 Å². The maximum atomic E-state index is 12.3. The Morgan fingerprint density at radius 2 is 1.89 bits per heavy atom. The molecule has 2 nitrogen and oxygen atoms in total. The fourth-order valence-corrected chi connectivity index (χ4v) is 2.45. The molecule has 0 aromatic heterocycles. The lowest BCUT2D eigenvalue weighted by Gasteiger charge is -2.20. The summed E-state index contributed by atoms with van der Waals surface area (Å²) in [5, 5.41) is 0. The Hall–Kier alpha value is -1.15. The molecule has 0 aliphatic heterocycles. The van der Waals surface area contributed by atoms with Gasteiger partial charge in [0, 0.05) is 11.6 Å². The van der Waals surface area contributed by atoms with Crippen LogP contribution in [0.5, 0.6) is 0 Å². The molecule has 1 aromatic carbocycles. The summed E-state index contributed by atoms with van der Waals surface area (Å²) in [4.78, 5) is 14.6. The molecule has 0 unspecified atom stereocenters. The van der Waals surface area contributed by atoms with E-state index in [-0.39, 0.29) is 5.78 Å². The molecular weight excluding hydrogens is 234 g/mol. The van der Waals surface area contributed by atoms with Crippen molar-refractivity contribution in [2.45, 2.75) is 52.0 Å². The van der Waals surface area contributed by atoms with Crippen LogP contribution < -0.4 is 0 Å². The second-order valence-electron chi connectivity index (χ2n) is 5.90. The van der Waals surface area contributed by atoms with Crippen LogP contribution in [0.1, 0.15) is 61.9 Å². The summed E-state index contributed by atoms with van der Waals surface area (Å²) in [6.45, 7) is 8.15. The average molecular weight is 259 g/mol. The van der Waals surface area contributed by atoms with E-state index < -0.39 is 0 Å². The van der Waals surface area contributed by atoms with Crippen LogP contribution in [-0.2, 0) is 0 Å². The number of carbonyl (C=O) groups excluding carboxylic acids is 1. The molecule has 0 radical (unpaired) electrons. The molecule has 0 amide bonds. The molecule has 2 rings (SSSR count). The molecule has 1 aliphatic carbocycles. The van der Waals surface area contributed by atoms with E-state index in [0.717, 1.165) is 18.5 Å². The van der Waals surface area contributed by atoms with Gasteiger partial charge in [0.15, 0.2) is 5.78 Å². The van der Waals surface area contributed by atoms with Crippen molar-refractivity contribution in [3.63, 3.8) is 0 Å². The molecule has 104 valence electrons. The van der Waals surface area contributed by atoms with Crippen LogP contribution in [0.4, 0.5) is 0 Å². The quantitative estimate of drug-likeness (QED) is 0.693. The monoisotopic (exact) mass is 259 g/mol. The van der Waals surface area contributed by atoms with Crippen molar-refractivity contribution in [2.75, 3.05) is 13.1 Å². The Balaban J connectivity index is 1.98. The number of carbonyl (C=O) groups is 1. The molecule has 1 fully saturated rings. The first-order valence-corrected chi connectivity index (χ1v) is 7.49. The molecule has 0 saturated heterocycles. The Labute approximate surface area is 116 Å². The highest BCUT2D eigenvalue weighted by Crippen LogP contribution is 2.27. The van der Waals surface area contributed by atoms with Gasteiger partial charge in [0.1, 0.15) is 0 Å². The highest BCUT2D eigenvalue weighted by atomic mass is 16.1. The number of nitrogens with zero attached hydrogens (tertiary/aromatic N) is 1. The van der Waals surface area contributed by atoms with Crippen LogP contribution in [0, 0.1) is 0 Å². The highest BCUT2D eigenvalue weighted by molar-refractivity contribution is 5.97. The summed E-state index contributed by atoms with van der Waals surface area (Å²) in [5.41, 5.74) is 2.15. The maximum Gasteiger partial charge on any atom is 0.176 e. The number of rotatable bonds is 7. The molecule has 1 aliphatic rings. The minimum absolute atomic E-state index is 0.260. The molecule has 0 atom stereocenters. The molecule has 1 saturated carbocycles. The number of hydrogen-bond acceptors (Lipinski definition) is 2. The van der Waals surface area contributed by atoms with E-state index in [1.165, 1.54) is 18.4 Å². The minimum Gasteiger partial charge on any atom is -0.293 e. The first-order valence-electron chi connectivity index (χ1n) is 7.49.